The Hall–Kier alpha value is -1.69. The predicted molar refractivity (Wildman–Crippen MR) is 85.6 cm³/mol. The zero-order valence-corrected chi connectivity index (χ0v) is 13.2. The molecule has 5 heteroatoms. The minimum absolute atomic E-state index is 0.0319. The van der Waals surface area contributed by atoms with Crippen LogP contribution in [0.4, 0.5) is 0 Å². The number of hydrogen-bond acceptors (Lipinski definition) is 4. The highest BCUT2D eigenvalue weighted by Gasteiger charge is 2.36. The maximum atomic E-state index is 12.8. The SMILES string of the molecule is Cc1cccc(C2CCCN2C(=O)C2=C[C@@H](O)[C@@H](O)[C@H](O)C2)c1. The third kappa shape index (κ3) is 3.17. The molecular weight excluding hydrogens is 294 g/mol. The second-order valence-electron chi connectivity index (χ2n) is 6.52. The molecular formula is C18H23NO4. The zero-order chi connectivity index (χ0) is 16.6. The average Bonchev–Trinajstić information content (AvgIpc) is 3.01. The van der Waals surface area contributed by atoms with Gasteiger partial charge in [0.15, 0.2) is 0 Å². The van der Waals surface area contributed by atoms with Gasteiger partial charge in [0.2, 0.25) is 5.91 Å². The van der Waals surface area contributed by atoms with Gasteiger partial charge in [-0.2, -0.15) is 0 Å². The van der Waals surface area contributed by atoms with Crippen molar-refractivity contribution >= 4 is 5.91 Å². The first kappa shape index (κ1) is 16.2. The summed E-state index contributed by atoms with van der Waals surface area (Å²) in [5, 5.41) is 29.2. The highest BCUT2D eigenvalue weighted by molar-refractivity contribution is 5.94. The van der Waals surface area contributed by atoms with E-state index in [2.05, 4.69) is 6.07 Å². The molecule has 0 spiro atoms. The largest absolute Gasteiger partial charge is 0.390 e. The fourth-order valence-corrected chi connectivity index (χ4v) is 3.52. The van der Waals surface area contributed by atoms with Gasteiger partial charge in [-0.25, -0.2) is 0 Å². The van der Waals surface area contributed by atoms with Crippen LogP contribution in [0.1, 0.15) is 36.4 Å². The summed E-state index contributed by atoms with van der Waals surface area (Å²) >= 11 is 0. The summed E-state index contributed by atoms with van der Waals surface area (Å²) in [6.07, 6.45) is -0.217. The lowest BCUT2D eigenvalue weighted by Gasteiger charge is -2.31. The lowest BCUT2D eigenvalue weighted by molar-refractivity contribution is -0.129. The standard InChI is InChI=1S/C18H23NO4/c1-11-4-2-5-12(8-11)14-6-3-7-19(14)18(23)13-9-15(20)17(22)16(21)10-13/h2,4-5,8-9,14-17,20-22H,3,6-7,10H2,1H3/t14?,15-,16-,17-/m1/s1. The molecule has 3 N–H and O–H groups in total. The molecule has 124 valence electrons. The van der Waals surface area contributed by atoms with E-state index in [0.29, 0.717) is 12.1 Å². The third-order valence-electron chi connectivity index (χ3n) is 4.76. The Balaban J connectivity index is 1.83. The Morgan fingerprint density at radius 1 is 1.26 bits per heavy atom. The number of aliphatic hydroxyl groups excluding tert-OH is 3. The molecule has 0 radical (unpaired) electrons. The third-order valence-corrected chi connectivity index (χ3v) is 4.76. The van der Waals surface area contributed by atoms with Crippen LogP contribution in [0.2, 0.25) is 0 Å². The molecule has 1 fully saturated rings. The molecule has 3 rings (SSSR count). The summed E-state index contributed by atoms with van der Waals surface area (Å²) in [4.78, 5) is 14.6. The van der Waals surface area contributed by atoms with E-state index < -0.39 is 18.3 Å². The molecule has 1 unspecified atom stereocenters. The number of rotatable bonds is 2. The first-order valence-electron chi connectivity index (χ1n) is 8.10. The van der Waals surface area contributed by atoms with Gasteiger partial charge >= 0.3 is 0 Å². The van der Waals surface area contributed by atoms with E-state index in [1.165, 1.54) is 6.08 Å². The number of aliphatic hydroxyl groups is 3. The molecule has 0 bridgehead atoms. The zero-order valence-electron chi connectivity index (χ0n) is 13.2. The van der Waals surface area contributed by atoms with Crippen LogP contribution in [0.5, 0.6) is 0 Å². The molecule has 1 aliphatic heterocycles. The molecule has 23 heavy (non-hydrogen) atoms. The minimum Gasteiger partial charge on any atom is -0.390 e. The summed E-state index contributed by atoms with van der Waals surface area (Å²) < 4.78 is 0. The van der Waals surface area contributed by atoms with Gasteiger partial charge < -0.3 is 20.2 Å². The van der Waals surface area contributed by atoms with Crippen molar-refractivity contribution in [3.63, 3.8) is 0 Å². The van der Waals surface area contributed by atoms with Crippen LogP contribution < -0.4 is 0 Å². The number of aryl methyl sites for hydroxylation is 1. The summed E-state index contributed by atoms with van der Waals surface area (Å²) in [5.74, 6) is -0.154. The van der Waals surface area contributed by atoms with Crippen molar-refractivity contribution in [1.82, 2.24) is 4.90 Å². The molecule has 4 atom stereocenters. The van der Waals surface area contributed by atoms with Crippen molar-refractivity contribution in [2.24, 2.45) is 0 Å². The molecule has 1 aliphatic carbocycles. The molecule has 1 aromatic carbocycles. The van der Waals surface area contributed by atoms with Crippen LogP contribution in [-0.4, -0.2) is 51.0 Å². The Labute approximate surface area is 135 Å². The van der Waals surface area contributed by atoms with Gasteiger partial charge in [0, 0.05) is 18.5 Å². The number of nitrogens with zero attached hydrogens (tertiary/aromatic N) is 1. The molecule has 0 aromatic heterocycles. The molecule has 1 saturated heterocycles. The molecule has 1 amide bonds. The van der Waals surface area contributed by atoms with E-state index in [0.717, 1.165) is 24.0 Å². The summed E-state index contributed by atoms with van der Waals surface area (Å²) in [7, 11) is 0. The lowest BCUT2D eigenvalue weighted by atomic mass is 9.91. The normalized spacial score (nSPS) is 31.1. The van der Waals surface area contributed by atoms with Crippen LogP contribution in [0.3, 0.4) is 0 Å². The highest BCUT2D eigenvalue weighted by atomic mass is 16.4. The van der Waals surface area contributed by atoms with E-state index in [1.54, 1.807) is 0 Å². The topological polar surface area (TPSA) is 81.0 Å². The second-order valence-corrected chi connectivity index (χ2v) is 6.52. The monoisotopic (exact) mass is 317 g/mol. The van der Waals surface area contributed by atoms with Crippen molar-refractivity contribution in [2.75, 3.05) is 6.54 Å². The predicted octanol–water partition coefficient (Wildman–Crippen LogP) is 1.07. The van der Waals surface area contributed by atoms with Crippen LogP contribution in [0.15, 0.2) is 35.9 Å². The molecule has 2 aliphatic rings. The maximum absolute atomic E-state index is 12.8. The van der Waals surface area contributed by atoms with E-state index in [4.69, 9.17) is 0 Å². The minimum atomic E-state index is -1.22. The molecule has 0 saturated carbocycles. The summed E-state index contributed by atoms with van der Waals surface area (Å²) in [6, 6.07) is 8.19. The van der Waals surface area contributed by atoms with E-state index in [-0.39, 0.29) is 18.4 Å². The number of carbonyl (C=O) groups excluding carboxylic acids is 1. The molecule has 1 aromatic rings. The Morgan fingerprint density at radius 2 is 2.04 bits per heavy atom. The van der Waals surface area contributed by atoms with Gasteiger partial charge in [-0.05, 0) is 31.4 Å². The fraction of sp³-hybridized carbons (Fsp3) is 0.500. The van der Waals surface area contributed by atoms with Crippen molar-refractivity contribution in [2.45, 2.75) is 50.5 Å². The highest BCUT2D eigenvalue weighted by Crippen LogP contribution is 2.34. The Kier molecular flexibility index (Phi) is 4.53. The summed E-state index contributed by atoms with van der Waals surface area (Å²) in [5.41, 5.74) is 2.66. The van der Waals surface area contributed by atoms with Crippen molar-refractivity contribution in [1.29, 1.82) is 0 Å². The Morgan fingerprint density at radius 3 is 2.74 bits per heavy atom. The van der Waals surface area contributed by atoms with Gasteiger partial charge in [0.25, 0.3) is 0 Å². The lowest BCUT2D eigenvalue weighted by Crippen LogP contribution is -2.43. The number of hydrogen-bond donors (Lipinski definition) is 3. The van der Waals surface area contributed by atoms with Crippen LogP contribution in [-0.2, 0) is 4.79 Å². The first-order chi connectivity index (χ1) is 11.0. The van der Waals surface area contributed by atoms with Crippen molar-refractivity contribution in [3.8, 4) is 0 Å². The number of likely N-dealkylation sites (tertiary alicyclic amines) is 1. The van der Waals surface area contributed by atoms with Crippen molar-refractivity contribution in [3.05, 3.63) is 47.0 Å². The van der Waals surface area contributed by atoms with Crippen LogP contribution in [0.25, 0.3) is 0 Å². The molecule has 5 nitrogen and oxygen atoms in total. The first-order valence-corrected chi connectivity index (χ1v) is 8.10. The van der Waals surface area contributed by atoms with Gasteiger partial charge in [-0.3, -0.25) is 4.79 Å². The average molecular weight is 317 g/mol. The summed E-state index contributed by atoms with van der Waals surface area (Å²) in [6.45, 7) is 2.70. The second kappa shape index (κ2) is 6.43. The van der Waals surface area contributed by atoms with Gasteiger partial charge in [0.05, 0.1) is 12.1 Å². The number of benzene rings is 1. The van der Waals surface area contributed by atoms with Crippen LogP contribution in [0, 0.1) is 6.92 Å². The van der Waals surface area contributed by atoms with Crippen LogP contribution >= 0.6 is 0 Å². The van der Waals surface area contributed by atoms with Gasteiger partial charge in [0.1, 0.15) is 12.2 Å². The van der Waals surface area contributed by atoms with E-state index in [1.807, 2.05) is 30.0 Å². The van der Waals surface area contributed by atoms with Gasteiger partial charge in [-0.15, -0.1) is 0 Å². The smallest absolute Gasteiger partial charge is 0.250 e. The number of carbonyl (C=O) groups is 1. The fourth-order valence-electron chi connectivity index (χ4n) is 3.52. The number of amides is 1. The Bertz CT molecular complexity index is 627. The molecule has 1 heterocycles. The van der Waals surface area contributed by atoms with Gasteiger partial charge in [-0.1, -0.05) is 29.8 Å². The maximum Gasteiger partial charge on any atom is 0.250 e. The van der Waals surface area contributed by atoms with E-state index >= 15 is 0 Å². The quantitative estimate of drug-likeness (QED) is 0.762. The van der Waals surface area contributed by atoms with Crippen molar-refractivity contribution < 1.29 is 20.1 Å². The van der Waals surface area contributed by atoms with E-state index in [9.17, 15) is 20.1 Å².